The van der Waals surface area contributed by atoms with Gasteiger partial charge in [0.15, 0.2) is 0 Å². The number of rotatable bonds is 3. The van der Waals surface area contributed by atoms with Crippen molar-refractivity contribution in [3.05, 3.63) is 70.0 Å². The first-order valence-corrected chi connectivity index (χ1v) is 7.67. The maximum atomic E-state index is 6.40. The van der Waals surface area contributed by atoms with Gasteiger partial charge in [0.1, 0.15) is 5.38 Å². The van der Waals surface area contributed by atoms with Crippen LogP contribution >= 0.6 is 27.5 Å². The van der Waals surface area contributed by atoms with E-state index >= 15 is 0 Å². The summed E-state index contributed by atoms with van der Waals surface area (Å²) in [4.78, 5) is 0. The van der Waals surface area contributed by atoms with Crippen LogP contribution in [0.2, 0.25) is 0 Å². The van der Waals surface area contributed by atoms with E-state index in [2.05, 4.69) is 26.1 Å². The molecule has 1 unspecified atom stereocenters. The highest BCUT2D eigenvalue weighted by Gasteiger charge is 2.19. The molecular weight excluding hydrogens is 352 g/mol. The number of aryl methyl sites for hydroxylation is 1. The Morgan fingerprint density at radius 2 is 1.86 bits per heavy atom. The van der Waals surface area contributed by atoms with E-state index in [9.17, 15) is 0 Å². The second kappa shape index (κ2) is 6.00. The SMILES string of the molecule is Cc1ccc(Br)c(-c2nnc(C(Cl)c3ccccc3)o2)c1. The number of hydrogen-bond acceptors (Lipinski definition) is 3. The number of aromatic nitrogens is 2. The van der Waals surface area contributed by atoms with Crippen LogP contribution in [0.1, 0.15) is 22.4 Å². The molecular formula is C16H12BrClN2O. The summed E-state index contributed by atoms with van der Waals surface area (Å²) in [6, 6.07) is 15.6. The molecule has 0 saturated heterocycles. The Morgan fingerprint density at radius 1 is 1.10 bits per heavy atom. The van der Waals surface area contributed by atoms with Crippen LogP contribution in [0, 0.1) is 6.92 Å². The molecule has 3 nitrogen and oxygen atoms in total. The standard InChI is InChI=1S/C16H12BrClN2O/c1-10-7-8-13(17)12(9-10)15-19-20-16(21-15)14(18)11-5-3-2-4-6-11/h2-9,14H,1H3. The van der Waals surface area contributed by atoms with Crippen molar-refractivity contribution in [3.8, 4) is 11.5 Å². The monoisotopic (exact) mass is 362 g/mol. The second-order valence-corrected chi connectivity index (χ2v) is 5.99. The summed E-state index contributed by atoms with van der Waals surface area (Å²) in [6.07, 6.45) is 0. The first-order valence-electron chi connectivity index (χ1n) is 6.44. The van der Waals surface area contributed by atoms with Crippen molar-refractivity contribution in [2.75, 3.05) is 0 Å². The first kappa shape index (κ1) is 14.3. The molecule has 1 heterocycles. The molecule has 0 aliphatic rings. The van der Waals surface area contributed by atoms with Crippen molar-refractivity contribution >= 4 is 27.5 Å². The maximum absolute atomic E-state index is 6.40. The molecule has 0 spiro atoms. The average molecular weight is 364 g/mol. The molecule has 3 rings (SSSR count). The van der Waals surface area contributed by atoms with Gasteiger partial charge in [-0.3, -0.25) is 0 Å². The van der Waals surface area contributed by atoms with Gasteiger partial charge in [-0.25, -0.2) is 0 Å². The normalized spacial score (nSPS) is 12.3. The minimum Gasteiger partial charge on any atom is -0.419 e. The van der Waals surface area contributed by atoms with E-state index in [4.69, 9.17) is 16.0 Å². The van der Waals surface area contributed by atoms with Crippen LogP contribution in [0.25, 0.3) is 11.5 Å². The Balaban J connectivity index is 1.95. The third kappa shape index (κ3) is 3.01. The highest BCUT2D eigenvalue weighted by atomic mass is 79.9. The zero-order valence-electron chi connectivity index (χ0n) is 11.3. The first-order chi connectivity index (χ1) is 10.1. The van der Waals surface area contributed by atoms with Crippen molar-refractivity contribution in [1.29, 1.82) is 0 Å². The number of nitrogens with zero attached hydrogens (tertiary/aromatic N) is 2. The number of benzene rings is 2. The predicted molar refractivity (Wildman–Crippen MR) is 86.3 cm³/mol. The minimum absolute atomic E-state index is 0.395. The van der Waals surface area contributed by atoms with Gasteiger partial charge < -0.3 is 4.42 Å². The molecule has 5 heteroatoms. The Bertz CT molecular complexity index is 758. The fourth-order valence-corrected chi connectivity index (χ4v) is 2.66. The zero-order chi connectivity index (χ0) is 14.8. The molecule has 0 N–H and O–H groups in total. The predicted octanol–water partition coefficient (Wildman–Crippen LogP) is 5.14. The lowest BCUT2D eigenvalue weighted by Crippen LogP contribution is -1.92. The van der Waals surface area contributed by atoms with Gasteiger partial charge in [0.25, 0.3) is 0 Å². The van der Waals surface area contributed by atoms with E-state index in [0.29, 0.717) is 11.8 Å². The molecule has 2 aromatic carbocycles. The van der Waals surface area contributed by atoms with Gasteiger partial charge in [0, 0.05) is 4.47 Å². The van der Waals surface area contributed by atoms with E-state index in [1.54, 1.807) is 0 Å². The molecule has 106 valence electrons. The second-order valence-electron chi connectivity index (χ2n) is 4.70. The molecule has 0 bridgehead atoms. The lowest BCUT2D eigenvalue weighted by molar-refractivity contribution is 0.513. The van der Waals surface area contributed by atoms with E-state index in [-0.39, 0.29) is 0 Å². The van der Waals surface area contributed by atoms with E-state index in [1.807, 2.05) is 55.5 Å². The lowest BCUT2D eigenvalue weighted by Gasteiger charge is -2.04. The average Bonchev–Trinajstić information content (AvgIpc) is 2.99. The highest BCUT2D eigenvalue weighted by Crippen LogP contribution is 2.32. The minimum atomic E-state index is -0.448. The number of hydrogen-bond donors (Lipinski definition) is 0. The van der Waals surface area contributed by atoms with Gasteiger partial charge in [0.2, 0.25) is 11.8 Å². The van der Waals surface area contributed by atoms with Crippen LogP contribution in [0.3, 0.4) is 0 Å². The van der Waals surface area contributed by atoms with Gasteiger partial charge in [-0.05, 0) is 40.5 Å². The van der Waals surface area contributed by atoms with Gasteiger partial charge in [-0.2, -0.15) is 0 Å². The number of alkyl halides is 1. The Kier molecular flexibility index (Phi) is 4.08. The summed E-state index contributed by atoms with van der Waals surface area (Å²) in [7, 11) is 0. The largest absolute Gasteiger partial charge is 0.419 e. The quantitative estimate of drug-likeness (QED) is 0.605. The molecule has 1 atom stereocenters. The van der Waals surface area contributed by atoms with Crippen LogP contribution in [0.15, 0.2) is 57.4 Å². The molecule has 0 amide bonds. The zero-order valence-corrected chi connectivity index (χ0v) is 13.6. The molecule has 0 radical (unpaired) electrons. The van der Waals surface area contributed by atoms with Crippen molar-refractivity contribution in [2.45, 2.75) is 12.3 Å². The third-order valence-electron chi connectivity index (χ3n) is 3.10. The van der Waals surface area contributed by atoms with Crippen molar-refractivity contribution in [2.24, 2.45) is 0 Å². The fourth-order valence-electron chi connectivity index (χ4n) is 2.01. The summed E-state index contributed by atoms with van der Waals surface area (Å²) >= 11 is 9.89. The molecule has 0 saturated carbocycles. The maximum Gasteiger partial charge on any atom is 0.248 e. The van der Waals surface area contributed by atoms with Crippen LogP contribution in [-0.2, 0) is 0 Å². The van der Waals surface area contributed by atoms with Crippen LogP contribution in [-0.4, -0.2) is 10.2 Å². The van der Waals surface area contributed by atoms with E-state index in [0.717, 1.165) is 21.2 Å². The summed E-state index contributed by atoms with van der Waals surface area (Å²) in [6.45, 7) is 2.02. The molecule has 0 aliphatic carbocycles. The van der Waals surface area contributed by atoms with Crippen molar-refractivity contribution in [3.63, 3.8) is 0 Å². The number of halogens is 2. The summed E-state index contributed by atoms with van der Waals surface area (Å²) in [5.74, 6) is 0.855. The molecule has 3 aromatic rings. The smallest absolute Gasteiger partial charge is 0.248 e. The Hall–Kier alpha value is -1.65. The third-order valence-corrected chi connectivity index (χ3v) is 4.23. The van der Waals surface area contributed by atoms with Gasteiger partial charge in [-0.15, -0.1) is 21.8 Å². The van der Waals surface area contributed by atoms with E-state index in [1.165, 1.54) is 0 Å². The Labute approximate surface area is 136 Å². The van der Waals surface area contributed by atoms with Gasteiger partial charge in [-0.1, -0.05) is 42.0 Å². The lowest BCUT2D eigenvalue weighted by atomic mass is 10.1. The molecule has 21 heavy (non-hydrogen) atoms. The van der Waals surface area contributed by atoms with E-state index < -0.39 is 5.38 Å². The summed E-state index contributed by atoms with van der Waals surface area (Å²) in [5, 5.41) is 7.73. The van der Waals surface area contributed by atoms with Crippen LogP contribution < -0.4 is 0 Å². The summed E-state index contributed by atoms with van der Waals surface area (Å²) in [5.41, 5.74) is 2.92. The Morgan fingerprint density at radius 3 is 2.62 bits per heavy atom. The van der Waals surface area contributed by atoms with Gasteiger partial charge >= 0.3 is 0 Å². The van der Waals surface area contributed by atoms with Crippen molar-refractivity contribution in [1.82, 2.24) is 10.2 Å². The van der Waals surface area contributed by atoms with Crippen LogP contribution in [0.4, 0.5) is 0 Å². The molecule has 0 fully saturated rings. The fraction of sp³-hybridized carbons (Fsp3) is 0.125. The molecule has 0 aliphatic heterocycles. The van der Waals surface area contributed by atoms with Crippen molar-refractivity contribution < 1.29 is 4.42 Å². The highest BCUT2D eigenvalue weighted by molar-refractivity contribution is 9.10. The van der Waals surface area contributed by atoms with Crippen LogP contribution in [0.5, 0.6) is 0 Å². The topological polar surface area (TPSA) is 38.9 Å². The molecule has 1 aromatic heterocycles. The summed E-state index contributed by atoms with van der Waals surface area (Å²) < 4.78 is 6.65. The van der Waals surface area contributed by atoms with Gasteiger partial charge in [0.05, 0.1) is 5.56 Å².